The highest BCUT2D eigenvalue weighted by molar-refractivity contribution is 9.08. The van der Waals surface area contributed by atoms with Gasteiger partial charge in [0.05, 0.1) is 16.8 Å². The molecule has 1 rings (SSSR count). The van der Waals surface area contributed by atoms with Gasteiger partial charge in [-0.25, -0.2) is 4.98 Å². The van der Waals surface area contributed by atoms with Gasteiger partial charge < -0.3 is 4.74 Å². The Morgan fingerprint density at radius 1 is 1.30 bits per heavy atom. The molecule has 0 amide bonds. The van der Waals surface area contributed by atoms with Crippen molar-refractivity contribution in [3.63, 3.8) is 0 Å². The molecule has 0 aliphatic carbocycles. The van der Waals surface area contributed by atoms with Gasteiger partial charge in [0, 0.05) is 11.4 Å². The first-order chi connectivity index (χ1) is 8.95. The molecule has 20 heavy (non-hydrogen) atoms. The number of hydrogen-bond acceptors (Lipinski definition) is 3. The molecule has 112 valence electrons. The van der Waals surface area contributed by atoms with E-state index in [-0.39, 0.29) is 6.07 Å². The molecule has 0 unspecified atom stereocenters. The molecule has 0 aliphatic heterocycles. The minimum Gasteiger partial charge on any atom is -0.388 e. The predicted molar refractivity (Wildman–Crippen MR) is 58.7 cm³/mol. The number of hydrogen-bond donors (Lipinski definition) is 0. The summed E-state index contributed by atoms with van der Waals surface area (Å²) < 4.78 is 77.9. The summed E-state index contributed by atoms with van der Waals surface area (Å²) in [6.07, 6.45) is -10.2. The Balaban J connectivity index is 3.51. The SMILES string of the molecule is O=C(Cl)c1cc(OC(F)(F)F)nc(CBr)c1C(F)(F)F. The largest absolute Gasteiger partial charge is 0.574 e. The van der Waals surface area contributed by atoms with Crippen LogP contribution in [0.1, 0.15) is 21.6 Å². The number of carbonyl (C=O) groups is 1. The molecule has 0 radical (unpaired) electrons. The quantitative estimate of drug-likeness (QED) is 0.442. The Labute approximate surface area is 121 Å². The minimum absolute atomic E-state index is 0.192. The fourth-order valence-corrected chi connectivity index (χ4v) is 1.87. The molecule has 0 saturated heterocycles. The van der Waals surface area contributed by atoms with Crippen LogP contribution in [0.5, 0.6) is 5.88 Å². The van der Waals surface area contributed by atoms with Crippen molar-refractivity contribution in [3.8, 4) is 5.88 Å². The molecule has 1 aromatic heterocycles. The lowest BCUT2D eigenvalue weighted by Crippen LogP contribution is -2.21. The topological polar surface area (TPSA) is 39.2 Å². The molecule has 3 nitrogen and oxygen atoms in total. The van der Waals surface area contributed by atoms with Crippen molar-refractivity contribution >= 4 is 32.8 Å². The van der Waals surface area contributed by atoms with Crippen LogP contribution in [0, 0.1) is 0 Å². The maximum absolute atomic E-state index is 12.8. The highest BCUT2D eigenvalue weighted by Crippen LogP contribution is 2.37. The van der Waals surface area contributed by atoms with Gasteiger partial charge in [0.1, 0.15) is 0 Å². The lowest BCUT2D eigenvalue weighted by molar-refractivity contribution is -0.276. The average molecular weight is 386 g/mol. The molecular formula is C9H3BrClF6NO2. The van der Waals surface area contributed by atoms with Crippen LogP contribution in [-0.4, -0.2) is 16.6 Å². The molecule has 0 atom stereocenters. The van der Waals surface area contributed by atoms with Gasteiger partial charge in [-0.15, -0.1) is 13.2 Å². The summed E-state index contributed by atoms with van der Waals surface area (Å²) in [4.78, 5) is 14.1. The smallest absolute Gasteiger partial charge is 0.388 e. The molecule has 0 aromatic carbocycles. The molecule has 1 heterocycles. The van der Waals surface area contributed by atoms with Gasteiger partial charge >= 0.3 is 12.5 Å². The van der Waals surface area contributed by atoms with Gasteiger partial charge in [-0.05, 0) is 11.6 Å². The van der Waals surface area contributed by atoms with Crippen molar-refractivity contribution in [1.29, 1.82) is 0 Å². The fraction of sp³-hybridized carbons (Fsp3) is 0.333. The average Bonchev–Trinajstić information content (AvgIpc) is 2.23. The van der Waals surface area contributed by atoms with Crippen LogP contribution in [0.4, 0.5) is 26.3 Å². The Hall–Kier alpha value is -1.03. The van der Waals surface area contributed by atoms with Crippen molar-refractivity contribution in [3.05, 3.63) is 22.9 Å². The van der Waals surface area contributed by atoms with Crippen LogP contribution >= 0.6 is 27.5 Å². The van der Waals surface area contributed by atoms with Crippen LogP contribution < -0.4 is 4.74 Å². The van der Waals surface area contributed by atoms with Crippen molar-refractivity contribution in [1.82, 2.24) is 4.98 Å². The van der Waals surface area contributed by atoms with E-state index >= 15 is 0 Å². The Bertz CT molecular complexity index is 530. The first kappa shape index (κ1) is 17.0. The molecule has 1 aromatic rings. The summed E-state index contributed by atoms with van der Waals surface area (Å²) in [6, 6.07) is 0.192. The zero-order valence-corrected chi connectivity index (χ0v) is 11.4. The van der Waals surface area contributed by atoms with Crippen LogP contribution in [0.3, 0.4) is 0 Å². The van der Waals surface area contributed by atoms with Gasteiger partial charge in [0.25, 0.3) is 5.24 Å². The summed E-state index contributed by atoms with van der Waals surface area (Å²) >= 11 is 7.61. The highest BCUT2D eigenvalue weighted by Gasteiger charge is 2.40. The highest BCUT2D eigenvalue weighted by atomic mass is 79.9. The zero-order chi connectivity index (χ0) is 15.7. The van der Waals surface area contributed by atoms with Gasteiger partial charge in [-0.2, -0.15) is 13.2 Å². The minimum atomic E-state index is -5.16. The van der Waals surface area contributed by atoms with Crippen LogP contribution in [0.2, 0.25) is 0 Å². The number of pyridine rings is 1. The second-order valence-corrected chi connectivity index (χ2v) is 4.19. The lowest BCUT2D eigenvalue weighted by atomic mass is 10.1. The monoisotopic (exact) mass is 385 g/mol. The van der Waals surface area contributed by atoms with E-state index in [9.17, 15) is 31.1 Å². The van der Waals surface area contributed by atoms with E-state index in [4.69, 9.17) is 11.6 Å². The van der Waals surface area contributed by atoms with E-state index in [1.807, 2.05) is 0 Å². The number of carbonyl (C=O) groups excluding carboxylic acids is 1. The molecule has 0 fully saturated rings. The third-order valence-corrected chi connectivity index (χ3v) is 2.65. The van der Waals surface area contributed by atoms with Crippen LogP contribution in [0.25, 0.3) is 0 Å². The molecule has 11 heteroatoms. The molecule has 0 bridgehead atoms. The molecule has 0 N–H and O–H groups in total. The molecule has 0 aliphatic rings. The van der Waals surface area contributed by atoms with Crippen molar-refractivity contribution in [2.75, 3.05) is 0 Å². The summed E-state index contributed by atoms with van der Waals surface area (Å²) in [5.41, 5.74) is -3.52. The van der Waals surface area contributed by atoms with Gasteiger partial charge in [0.15, 0.2) is 0 Å². The van der Waals surface area contributed by atoms with E-state index in [0.29, 0.717) is 0 Å². The number of rotatable bonds is 3. The first-order valence-corrected chi connectivity index (χ1v) is 6.08. The van der Waals surface area contributed by atoms with E-state index in [2.05, 4.69) is 25.7 Å². The lowest BCUT2D eigenvalue weighted by Gasteiger charge is -2.16. The Kier molecular flexibility index (Phi) is 4.90. The van der Waals surface area contributed by atoms with Crippen LogP contribution in [-0.2, 0) is 11.5 Å². The summed E-state index contributed by atoms with van der Waals surface area (Å²) in [6.45, 7) is 0. The summed E-state index contributed by atoms with van der Waals surface area (Å²) in [7, 11) is 0. The van der Waals surface area contributed by atoms with Gasteiger partial charge in [-0.1, -0.05) is 15.9 Å². The summed E-state index contributed by atoms with van der Waals surface area (Å²) in [5.74, 6) is -1.20. The van der Waals surface area contributed by atoms with Crippen molar-refractivity contribution in [2.45, 2.75) is 17.9 Å². The summed E-state index contributed by atoms with van der Waals surface area (Å²) in [5, 5.41) is -2.12. The number of nitrogens with zero attached hydrogens (tertiary/aromatic N) is 1. The first-order valence-electron chi connectivity index (χ1n) is 4.58. The predicted octanol–water partition coefficient (Wildman–Crippen LogP) is 4.27. The van der Waals surface area contributed by atoms with Crippen molar-refractivity contribution in [2.24, 2.45) is 0 Å². The normalized spacial score (nSPS) is 12.4. The van der Waals surface area contributed by atoms with Gasteiger partial charge in [0.2, 0.25) is 5.88 Å². The Morgan fingerprint density at radius 3 is 2.20 bits per heavy atom. The number of ether oxygens (including phenoxy) is 1. The number of alkyl halides is 7. The maximum Gasteiger partial charge on any atom is 0.574 e. The molecule has 0 saturated carbocycles. The molecular weight excluding hydrogens is 383 g/mol. The Morgan fingerprint density at radius 2 is 1.85 bits per heavy atom. The van der Waals surface area contributed by atoms with Crippen LogP contribution in [0.15, 0.2) is 6.07 Å². The number of halogens is 8. The third kappa shape index (κ3) is 4.23. The fourth-order valence-electron chi connectivity index (χ4n) is 1.31. The second kappa shape index (κ2) is 5.76. The molecule has 0 spiro atoms. The maximum atomic E-state index is 12.8. The standard InChI is InChI=1S/C9H3BrClF6NO2/c10-2-4-6(8(12,13)14)3(7(11)19)1-5(18-4)20-9(15,16)17/h1H,2H2. The van der Waals surface area contributed by atoms with E-state index in [1.54, 1.807) is 0 Å². The van der Waals surface area contributed by atoms with Gasteiger partial charge in [-0.3, -0.25) is 4.79 Å². The van der Waals surface area contributed by atoms with E-state index in [0.717, 1.165) is 0 Å². The van der Waals surface area contributed by atoms with Crippen molar-refractivity contribution < 1.29 is 35.9 Å². The van der Waals surface area contributed by atoms with E-state index in [1.165, 1.54) is 0 Å². The number of aromatic nitrogens is 1. The zero-order valence-electron chi connectivity index (χ0n) is 9.07. The third-order valence-electron chi connectivity index (χ3n) is 1.91. The van der Waals surface area contributed by atoms with E-state index < -0.39 is 45.8 Å². The second-order valence-electron chi connectivity index (χ2n) is 3.28.